The van der Waals surface area contributed by atoms with E-state index >= 15 is 0 Å². The molecule has 2 rings (SSSR count). The Kier molecular flexibility index (Phi) is 28.7. The molecule has 24 heteroatoms. The van der Waals surface area contributed by atoms with Crippen LogP contribution in [0.1, 0.15) is 132 Å². The molecule has 1 aromatic carbocycles. The molecule has 1 aliphatic rings. The van der Waals surface area contributed by atoms with E-state index in [9.17, 15) is 53.1 Å². The van der Waals surface area contributed by atoms with E-state index in [0.29, 0.717) is 45.2 Å². The highest BCUT2D eigenvalue weighted by molar-refractivity contribution is 5.98. The zero-order chi connectivity index (χ0) is 58.1. The van der Waals surface area contributed by atoms with Crippen LogP contribution in [0.5, 0.6) is 0 Å². The van der Waals surface area contributed by atoms with Gasteiger partial charge in [0.15, 0.2) is 5.96 Å². The van der Waals surface area contributed by atoms with Gasteiger partial charge in [0, 0.05) is 33.0 Å². The van der Waals surface area contributed by atoms with Crippen molar-refractivity contribution >= 4 is 65.0 Å². The summed E-state index contributed by atoms with van der Waals surface area (Å²) < 4.78 is 0. The maximum absolute atomic E-state index is 14.2. The zero-order valence-electron chi connectivity index (χ0n) is 47.0. The van der Waals surface area contributed by atoms with E-state index in [1.807, 2.05) is 38.1 Å². The molecule has 1 fully saturated rings. The molecular weight excluding hydrogens is 995 g/mol. The monoisotopic (exact) mass is 1080 g/mol. The number of likely N-dealkylation sites (tertiary alicyclic amines) is 1. The van der Waals surface area contributed by atoms with E-state index in [1.54, 1.807) is 48.5 Å². The van der Waals surface area contributed by atoms with Gasteiger partial charge >= 0.3 is 0 Å². The smallest absolute Gasteiger partial charge is 0.245 e. The van der Waals surface area contributed by atoms with E-state index in [-0.39, 0.29) is 50.0 Å². The van der Waals surface area contributed by atoms with Gasteiger partial charge in [-0.2, -0.15) is 0 Å². The maximum atomic E-state index is 14.2. The zero-order valence-corrected chi connectivity index (χ0v) is 47.0. The van der Waals surface area contributed by atoms with Crippen LogP contribution in [0, 0.1) is 24.7 Å². The minimum absolute atomic E-state index is 0.0709. The van der Waals surface area contributed by atoms with Crippen LogP contribution in [0.2, 0.25) is 0 Å². The van der Waals surface area contributed by atoms with Crippen molar-refractivity contribution in [1.82, 2.24) is 52.8 Å². The Labute approximate surface area is 453 Å². The largest absolute Gasteiger partial charge is 0.391 e. The molecule has 77 heavy (non-hydrogen) atoms. The van der Waals surface area contributed by atoms with Crippen molar-refractivity contribution in [2.75, 3.05) is 26.2 Å². The summed E-state index contributed by atoms with van der Waals surface area (Å²) in [6, 6.07) is -1.97. The second kappa shape index (κ2) is 33.3. The third kappa shape index (κ3) is 22.7. The van der Waals surface area contributed by atoms with Gasteiger partial charge in [-0.1, -0.05) is 91.1 Å². The first-order chi connectivity index (χ1) is 36.2. The van der Waals surface area contributed by atoms with Crippen molar-refractivity contribution < 1.29 is 53.1 Å². The predicted molar refractivity (Wildman–Crippen MR) is 291 cm³/mol. The van der Waals surface area contributed by atoms with Crippen molar-refractivity contribution in [1.29, 1.82) is 0 Å². The molecule has 10 amide bonds. The minimum atomic E-state index is -1.63. The van der Waals surface area contributed by atoms with Gasteiger partial charge in [-0.05, 0) is 82.6 Å². The number of aliphatic imine (C=N–C) groups is 1. The number of carbonyl (C=O) groups is 10. The number of rotatable bonds is 32. The quantitative estimate of drug-likeness (QED) is 0.0239. The molecule has 432 valence electrons. The number of guanidine groups is 1. The molecule has 10 atom stereocenters. The second-order valence-electron chi connectivity index (χ2n) is 20.7. The lowest BCUT2D eigenvalue weighted by atomic mass is 9.96. The topological polar surface area (TPSA) is 367 Å². The van der Waals surface area contributed by atoms with Crippen molar-refractivity contribution in [2.24, 2.45) is 34.2 Å². The van der Waals surface area contributed by atoms with Gasteiger partial charge in [0.05, 0.1) is 12.6 Å². The highest BCUT2D eigenvalue weighted by Crippen LogP contribution is 2.21. The molecule has 0 bridgehead atoms. The first-order valence-electron chi connectivity index (χ1n) is 27.0. The third-order valence-corrected chi connectivity index (χ3v) is 13.1. The molecular formula is C53H89N13O11. The number of nitrogens with two attached hydrogens (primary N) is 2. The SMILES string of the molecule is CCC[C@H](NC(=O)[C@@H](NC(=O)[C@@H](CC(C)C)NC(=O)[C@@H](NC(=O)CNC(=O)[C@H](Cc1ccc(C)cc1)NC(C)=O)C(C)C)[C@@H](C)O)C(=O)N[C@H](C(=O)N[C@@H](CCCN=C(N)N)C(=O)N1CCC[C@H]1C(=O)NCC)[C@@H](C)CC. The Bertz CT molecular complexity index is 2190. The molecule has 0 saturated carbocycles. The van der Waals surface area contributed by atoms with Crippen molar-refractivity contribution in [2.45, 2.75) is 188 Å². The number of carbonyl (C=O) groups excluding carboxylic acids is 10. The summed E-state index contributed by atoms with van der Waals surface area (Å²) in [5, 5.41) is 34.8. The molecule has 0 aliphatic carbocycles. The summed E-state index contributed by atoms with van der Waals surface area (Å²) in [7, 11) is 0. The summed E-state index contributed by atoms with van der Waals surface area (Å²) in [4.78, 5) is 141. The summed E-state index contributed by atoms with van der Waals surface area (Å²) in [5.41, 5.74) is 12.8. The van der Waals surface area contributed by atoms with Gasteiger partial charge in [0.25, 0.3) is 0 Å². The van der Waals surface area contributed by atoms with Gasteiger partial charge in [-0.15, -0.1) is 0 Å². The number of nitrogens with zero attached hydrogens (tertiary/aromatic N) is 2. The van der Waals surface area contributed by atoms with Crippen LogP contribution in [0.25, 0.3) is 0 Å². The van der Waals surface area contributed by atoms with E-state index in [1.165, 1.54) is 18.7 Å². The number of benzene rings is 1. The van der Waals surface area contributed by atoms with E-state index in [0.717, 1.165) is 11.1 Å². The van der Waals surface area contributed by atoms with Crippen LogP contribution in [0.4, 0.5) is 0 Å². The third-order valence-electron chi connectivity index (χ3n) is 13.1. The van der Waals surface area contributed by atoms with Gasteiger partial charge < -0.3 is 69.3 Å². The lowest BCUT2D eigenvalue weighted by molar-refractivity contribution is -0.142. The predicted octanol–water partition coefficient (Wildman–Crippen LogP) is -0.823. The Morgan fingerprint density at radius 1 is 0.688 bits per heavy atom. The fourth-order valence-corrected chi connectivity index (χ4v) is 8.68. The fourth-order valence-electron chi connectivity index (χ4n) is 8.68. The van der Waals surface area contributed by atoms with Crippen molar-refractivity contribution in [3.8, 4) is 0 Å². The van der Waals surface area contributed by atoms with E-state index in [4.69, 9.17) is 11.5 Å². The number of hydrogen-bond donors (Lipinski definition) is 12. The van der Waals surface area contributed by atoms with Crippen LogP contribution in [0.15, 0.2) is 29.3 Å². The fraction of sp³-hybridized carbons (Fsp3) is 0.679. The Balaban J connectivity index is 2.26. The Morgan fingerprint density at radius 2 is 1.27 bits per heavy atom. The average molecular weight is 1080 g/mol. The van der Waals surface area contributed by atoms with Crippen LogP contribution in [-0.2, 0) is 54.4 Å². The lowest BCUT2D eigenvalue weighted by Gasteiger charge is -2.31. The molecule has 24 nitrogen and oxygen atoms in total. The van der Waals surface area contributed by atoms with Crippen LogP contribution >= 0.6 is 0 Å². The first kappa shape index (κ1) is 66.3. The summed E-state index contributed by atoms with van der Waals surface area (Å²) in [6.45, 7) is 18.8. The number of amides is 10. The van der Waals surface area contributed by atoms with E-state index in [2.05, 4.69) is 52.8 Å². The number of aliphatic hydroxyl groups excluding tert-OH is 1. The molecule has 0 spiro atoms. The summed E-state index contributed by atoms with van der Waals surface area (Å²) >= 11 is 0. The molecule has 0 radical (unpaired) electrons. The average Bonchev–Trinajstić information content (AvgIpc) is 3.86. The van der Waals surface area contributed by atoms with Crippen LogP contribution in [-0.4, -0.2) is 156 Å². The lowest BCUT2D eigenvalue weighted by Crippen LogP contribution is -2.62. The molecule has 1 aliphatic heterocycles. The number of aryl methyl sites for hydroxylation is 1. The van der Waals surface area contributed by atoms with Gasteiger partial charge in [-0.25, -0.2) is 0 Å². The highest BCUT2D eigenvalue weighted by atomic mass is 16.3. The maximum Gasteiger partial charge on any atom is 0.245 e. The Hall–Kier alpha value is -6.85. The van der Waals surface area contributed by atoms with Gasteiger partial charge in [-0.3, -0.25) is 52.9 Å². The number of aliphatic hydroxyl groups is 1. The Morgan fingerprint density at radius 3 is 1.83 bits per heavy atom. The van der Waals surface area contributed by atoms with Gasteiger partial charge in [0.2, 0.25) is 59.1 Å². The molecule has 1 saturated heterocycles. The summed E-state index contributed by atoms with van der Waals surface area (Å²) in [6.07, 6.45) is 1.04. The molecule has 0 aromatic heterocycles. The number of likely N-dealkylation sites (N-methyl/N-ethyl adjacent to an activating group) is 1. The van der Waals surface area contributed by atoms with Crippen molar-refractivity contribution in [3.05, 3.63) is 35.4 Å². The number of hydrogen-bond acceptors (Lipinski definition) is 12. The summed E-state index contributed by atoms with van der Waals surface area (Å²) in [5.74, 6) is -7.82. The van der Waals surface area contributed by atoms with E-state index < -0.39 is 126 Å². The minimum Gasteiger partial charge on any atom is -0.391 e. The standard InChI is InChI=1S/C53H89N13O11/c1-12-17-36(46(71)64-43(32(9)13-2)50(75)61-37(18-15-24-57-53(54)55)52(77)66-25-16-19-40(66)48(73)56-14-3)60-51(76)44(33(10)67)65-47(72)38(26-29(4)5)62-49(74)42(30(6)7)63-41(69)28-58-45(70)39(59-34(11)68)27-35-22-20-31(8)21-23-35/h20-23,29-30,32-33,36-40,42-44,67H,12-19,24-28H2,1-11H3,(H,56,73)(H,58,70)(H,59,68)(H,60,76)(H,61,75)(H,62,74)(H,63,69)(H,64,71)(H,65,72)(H4,54,55,57)/t32-,33+,36-,37-,38+,39-,40-,42-,43-,44-/m0/s1. The molecule has 1 heterocycles. The van der Waals surface area contributed by atoms with Crippen molar-refractivity contribution in [3.63, 3.8) is 0 Å². The van der Waals surface area contributed by atoms with Crippen LogP contribution in [0.3, 0.4) is 0 Å². The number of nitrogens with one attached hydrogen (secondary N) is 9. The first-order valence-corrected chi connectivity index (χ1v) is 27.0. The molecule has 0 unspecified atom stereocenters. The molecule has 1 aromatic rings. The normalized spacial score (nSPS) is 16.6. The van der Waals surface area contributed by atoms with Gasteiger partial charge in [0.1, 0.15) is 48.3 Å². The molecule has 14 N–H and O–H groups in total. The van der Waals surface area contributed by atoms with Crippen LogP contribution < -0.4 is 59.3 Å². The second-order valence-corrected chi connectivity index (χ2v) is 20.7. The highest BCUT2D eigenvalue weighted by Gasteiger charge is 2.40.